The average molecular weight is 379 g/mol. The molecule has 2 aliphatic rings. The predicted molar refractivity (Wildman–Crippen MR) is 100 cm³/mol. The van der Waals surface area contributed by atoms with Crippen molar-refractivity contribution in [2.24, 2.45) is 11.8 Å². The number of carbonyl (C=O) groups is 2. The lowest BCUT2D eigenvalue weighted by Gasteiger charge is -2.30. The summed E-state index contributed by atoms with van der Waals surface area (Å²) in [4.78, 5) is 24.8. The van der Waals surface area contributed by atoms with Gasteiger partial charge in [0, 0.05) is 6.42 Å². The fraction of sp³-hybridized carbons (Fsp3) is 0.619. The van der Waals surface area contributed by atoms with E-state index in [1.165, 1.54) is 12.8 Å². The van der Waals surface area contributed by atoms with E-state index in [-0.39, 0.29) is 24.0 Å². The molecule has 3 rings (SSSR count). The van der Waals surface area contributed by atoms with Crippen LogP contribution >= 0.6 is 11.6 Å². The van der Waals surface area contributed by atoms with Gasteiger partial charge in [0.1, 0.15) is 17.8 Å². The van der Waals surface area contributed by atoms with Crippen molar-refractivity contribution in [1.82, 2.24) is 0 Å². The van der Waals surface area contributed by atoms with Gasteiger partial charge in [-0.1, -0.05) is 30.5 Å². The minimum Gasteiger partial charge on any atom is -0.489 e. The highest BCUT2D eigenvalue weighted by Gasteiger charge is 2.40. The lowest BCUT2D eigenvalue weighted by molar-refractivity contribution is -0.168. The molecular formula is C21H27ClO4. The van der Waals surface area contributed by atoms with Gasteiger partial charge in [-0.05, 0) is 63.1 Å². The maximum Gasteiger partial charge on any atom is 0.316 e. The highest BCUT2D eigenvalue weighted by Crippen LogP contribution is 2.35. The predicted octanol–water partition coefficient (Wildman–Crippen LogP) is 4.75. The highest BCUT2D eigenvalue weighted by atomic mass is 35.5. The standard InChI is InChI=1S/C21H27ClO4/c1-13(2)25-19-10-8-14(11-17(19)22)7-9-16-18(23)12-20(26-21(16)24)15-5-3-4-6-15/h8,10-11,13,15-16,20H,3-7,9,12H2,1-2H3. The van der Waals surface area contributed by atoms with Crippen LogP contribution in [-0.2, 0) is 20.7 Å². The molecule has 142 valence electrons. The van der Waals surface area contributed by atoms with E-state index in [1.807, 2.05) is 32.0 Å². The number of carbonyl (C=O) groups excluding carboxylic acids is 2. The summed E-state index contributed by atoms with van der Waals surface area (Å²) in [6.45, 7) is 3.90. The van der Waals surface area contributed by atoms with Crippen LogP contribution in [0.1, 0.15) is 57.9 Å². The maximum atomic E-state index is 12.5. The van der Waals surface area contributed by atoms with E-state index in [9.17, 15) is 9.59 Å². The minimum absolute atomic E-state index is 0.0315. The Morgan fingerprint density at radius 2 is 1.96 bits per heavy atom. The zero-order valence-electron chi connectivity index (χ0n) is 15.5. The van der Waals surface area contributed by atoms with E-state index in [1.54, 1.807) is 0 Å². The van der Waals surface area contributed by atoms with E-state index in [2.05, 4.69) is 0 Å². The second kappa shape index (κ2) is 8.43. The van der Waals surface area contributed by atoms with Gasteiger partial charge in [0.25, 0.3) is 0 Å². The van der Waals surface area contributed by atoms with Gasteiger partial charge in [-0.15, -0.1) is 0 Å². The van der Waals surface area contributed by atoms with E-state index < -0.39 is 5.92 Å². The monoisotopic (exact) mass is 378 g/mol. The molecule has 2 unspecified atom stereocenters. The van der Waals surface area contributed by atoms with Crippen LogP contribution in [0.25, 0.3) is 0 Å². The Kier molecular flexibility index (Phi) is 6.23. The molecule has 1 saturated heterocycles. The van der Waals surface area contributed by atoms with Gasteiger partial charge in [-0.2, -0.15) is 0 Å². The number of esters is 1. The van der Waals surface area contributed by atoms with Crippen molar-refractivity contribution in [3.63, 3.8) is 0 Å². The molecule has 1 aromatic rings. The van der Waals surface area contributed by atoms with Crippen LogP contribution in [0, 0.1) is 11.8 Å². The molecule has 0 radical (unpaired) electrons. The van der Waals surface area contributed by atoms with Crippen LogP contribution in [0.2, 0.25) is 5.02 Å². The molecule has 0 amide bonds. The lowest BCUT2D eigenvalue weighted by Crippen LogP contribution is -2.41. The molecule has 4 nitrogen and oxygen atoms in total. The number of ether oxygens (including phenoxy) is 2. The van der Waals surface area contributed by atoms with Gasteiger partial charge in [0.2, 0.25) is 0 Å². The van der Waals surface area contributed by atoms with Crippen LogP contribution in [0.4, 0.5) is 0 Å². The molecule has 5 heteroatoms. The quantitative estimate of drug-likeness (QED) is 0.529. The summed E-state index contributed by atoms with van der Waals surface area (Å²) in [6.07, 6.45) is 5.80. The molecular weight excluding hydrogens is 352 g/mol. The number of hydrogen-bond acceptors (Lipinski definition) is 4. The number of halogens is 1. The number of rotatable bonds is 6. The fourth-order valence-electron chi connectivity index (χ4n) is 3.98. The molecule has 0 N–H and O–H groups in total. The Hall–Kier alpha value is -1.55. The number of ketones is 1. The van der Waals surface area contributed by atoms with E-state index >= 15 is 0 Å². The first-order valence-electron chi connectivity index (χ1n) is 9.62. The molecule has 26 heavy (non-hydrogen) atoms. The van der Waals surface area contributed by atoms with Crippen LogP contribution in [0.5, 0.6) is 5.75 Å². The molecule has 0 aromatic heterocycles. The van der Waals surface area contributed by atoms with Crippen LogP contribution in [0.3, 0.4) is 0 Å². The van der Waals surface area contributed by atoms with Crippen molar-refractivity contribution in [2.75, 3.05) is 0 Å². The highest BCUT2D eigenvalue weighted by molar-refractivity contribution is 6.32. The van der Waals surface area contributed by atoms with Gasteiger partial charge in [-0.3, -0.25) is 9.59 Å². The number of cyclic esters (lactones) is 1. The topological polar surface area (TPSA) is 52.6 Å². The summed E-state index contributed by atoms with van der Waals surface area (Å²) < 4.78 is 11.3. The van der Waals surface area contributed by atoms with Gasteiger partial charge in [0.15, 0.2) is 5.78 Å². The summed E-state index contributed by atoms with van der Waals surface area (Å²) in [5, 5.41) is 0.551. The number of benzene rings is 1. The zero-order valence-corrected chi connectivity index (χ0v) is 16.3. The van der Waals surface area contributed by atoms with Crippen molar-refractivity contribution in [3.05, 3.63) is 28.8 Å². The van der Waals surface area contributed by atoms with E-state index in [0.717, 1.165) is 18.4 Å². The third-order valence-corrected chi connectivity index (χ3v) is 5.64. The van der Waals surface area contributed by atoms with Gasteiger partial charge in [0.05, 0.1) is 11.1 Å². The normalized spacial score (nSPS) is 24.2. The van der Waals surface area contributed by atoms with Gasteiger partial charge in [-0.25, -0.2) is 0 Å². The summed E-state index contributed by atoms with van der Waals surface area (Å²) in [5.74, 6) is 0.0696. The smallest absolute Gasteiger partial charge is 0.316 e. The number of Topliss-reactive ketones (excluding diaryl/α,β-unsaturated/α-hetero) is 1. The number of aryl methyl sites for hydroxylation is 1. The Bertz CT molecular complexity index is 646. The van der Waals surface area contributed by atoms with Crippen molar-refractivity contribution >= 4 is 23.4 Å². The van der Waals surface area contributed by atoms with Crippen molar-refractivity contribution in [2.45, 2.75) is 71.0 Å². The maximum absolute atomic E-state index is 12.5. The molecule has 1 aromatic carbocycles. The fourth-order valence-corrected chi connectivity index (χ4v) is 4.22. The third-order valence-electron chi connectivity index (χ3n) is 5.35. The first kappa shape index (κ1) is 19.2. The Labute approximate surface area is 160 Å². The SMILES string of the molecule is CC(C)Oc1ccc(CCC2C(=O)CC(C3CCCC3)OC2=O)cc1Cl. The first-order chi connectivity index (χ1) is 12.4. The molecule has 0 spiro atoms. The summed E-state index contributed by atoms with van der Waals surface area (Å²) in [7, 11) is 0. The van der Waals surface area contributed by atoms with Crippen molar-refractivity contribution in [1.29, 1.82) is 0 Å². The van der Waals surface area contributed by atoms with E-state index in [0.29, 0.717) is 36.0 Å². The Morgan fingerprint density at radius 1 is 1.23 bits per heavy atom. The van der Waals surface area contributed by atoms with Gasteiger partial charge >= 0.3 is 5.97 Å². The minimum atomic E-state index is -0.641. The summed E-state index contributed by atoms with van der Waals surface area (Å²) >= 11 is 6.26. The van der Waals surface area contributed by atoms with Crippen LogP contribution in [0.15, 0.2) is 18.2 Å². The Morgan fingerprint density at radius 3 is 2.58 bits per heavy atom. The average Bonchev–Trinajstić information content (AvgIpc) is 3.10. The van der Waals surface area contributed by atoms with Crippen LogP contribution in [-0.4, -0.2) is 24.0 Å². The molecule has 1 heterocycles. The van der Waals surface area contributed by atoms with E-state index in [4.69, 9.17) is 21.1 Å². The van der Waals surface area contributed by atoms with Crippen LogP contribution < -0.4 is 4.74 Å². The Balaban J connectivity index is 1.57. The second-order valence-electron chi connectivity index (χ2n) is 7.71. The molecule has 2 fully saturated rings. The van der Waals surface area contributed by atoms with Crippen molar-refractivity contribution in [3.8, 4) is 5.75 Å². The lowest BCUT2D eigenvalue weighted by atomic mass is 9.86. The molecule has 0 bridgehead atoms. The molecule has 1 aliphatic carbocycles. The number of hydrogen-bond donors (Lipinski definition) is 0. The van der Waals surface area contributed by atoms with Crippen molar-refractivity contribution < 1.29 is 19.1 Å². The largest absolute Gasteiger partial charge is 0.489 e. The van der Waals surface area contributed by atoms with Gasteiger partial charge < -0.3 is 9.47 Å². The molecule has 1 aliphatic heterocycles. The summed E-state index contributed by atoms with van der Waals surface area (Å²) in [5.41, 5.74) is 0.990. The second-order valence-corrected chi connectivity index (χ2v) is 8.12. The third kappa shape index (κ3) is 4.59. The zero-order chi connectivity index (χ0) is 18.7. The first-order valence-corrected chi connectivity index (χ1v) is 10.00. The molecule has 2 atom stereocenters. The summed E-state index contributed by atoms with van der Waals surface area (Å²) in [6, 6.07) is 5.62. The molecule has 1 saturated carbocycles.